The van der Waals surface area contributed by atoms with Gasteiger partial charge in [0.25, 0.3) is 0 Å². The van der Waals surface area contributed by atoms with Crippen LogP contribution in [0.25, 0.3) is 10.9 Å². The second kappa shape index (κ2) is 5.10. The molecule has 0 amide bonds. The molecule has 1 N–H and O–H groups in total. The predicted octanol–water partition coefficient (Wildman–Crippen LogP) is 3.67. The highest BCUT2D eigenvalue weighted by Crippen LogP contribution is 2.36. The Labute approximate surface area is 122 Å². The lowest BCUT2D eigenvalue weighted by Crippen LogP contribution is -1.96. The second-order valence-electron chi connectivity index (χ2n) is 3.90. The topological polar surface area (TPSA) is 84.7 Å². The number of nitro groups is 1. The summed E-state index contributed by atoms with van der Waals surface area (Å²) in [4.78, 5) is 21.2. The van der Waals surface area contributed by atoms with E-state index in [2.05, 4.69) is 15.0 Å². The van der Waals surface area contributed by atoms with Crippen LogP contribution in [-0.2, 0) is 0 Å². The Morgan fingerprint density at radius 1 is 1.30 bits per heavy atom. The Morgan fingerprint density at radius 2 is 2.10 bits per heavy atom. The van der Waals surface area contributed by atoms with Crippen LogP contribution >= 0.6 is 23.4 Å². The number of nitrogens with zero attached hydrogens (tertiary/aromatic N) is 3. The lowest BCUT2D eigenvalue weighted by molar-refractivity contribution is -0.388. The minimum absolute atomic E-state index is 0.163. The number of benzene rings is 1. The van der Waals surface area contributed by atoms with E-state index in [1.54, 1.807) is 0 Å². The van der Waals surface area contributed by atoms with Gasteiger partial charge in [0.1, 0.15) is 6.33 Å². The molecule has 0 fully saturated rings. The van der Waals surface area contributed by atoms with Crippen LogP contribution in [0.2, 0.25) is 5.15 Å². The molecule has 0 radical (unpaired) electrons. The standard InChI is InChI=1S/C12H7ClN4O2S/c13-11-10(17(18)19)12(15-6-14-11)20-9-5-7-3-1-2-4-8(7)16-9/h1-6,16H. The second-order valence-corrected chi connectivity index (χ2v) is 5.29. The lowest BCUT2D eigenvalue weighted by atomic mass is 10.3. The molecule has 100 valence electrons. The van der Waals surface area contributed by atoms with Gasteiger partial charge in [-0.15, -0.1) is 0 Å². The smallest absolute Gasteiger partial charge is 0.338 e. The van der Waals surface area contributed by atoms with Crippen LogP contribution in [0, 0.1) is 10.1 Å². The van der Waals surface area contributed by atoms with Crippen LogP contribution in [0.3, 0.4) is 0 Å². The van der Waals surface area contributed by atoms with Crippen LogP contribution in [0.4, 0.5) is 5.69 Å². The van der Waals surface area contributed by atoms with Crippen molar-refractivity contribution in [1.82, 2.24) is 15.0 Å². The van der Waals surface area contributed by atoms with E-state index >= 15 is 0 Å². The third-order valence-electron chi connectivity index (χ3n) is 2.64. The maximum absolute atomic E-state index is 11.0. The molecule has 2 aromatic heterocycles. The van der Waals surface area contributed by atoms with Gasteiger partial charge in [-0.1, -0.05) is 29.8 Å². The minimum Gasteiger partial charge on any atom is -0.349 e. The summed E-state index contributed by atoms with van der Waals surface area (Å²) in [5.41, 5.74) is 0.677. The summed E-state index contributed by atoms with van der Waals surface area (Å²) in [6.45, 7) is 0. The summed E-state index contributed by atoms with van der Waals surface area (Å²) in [6, 6.07) is 9.63. The highest BCUT2D eigenvalue weighted by atomic mass is 35.5. The van der Waals surface area contributed by atoms with E-state index in [4.69, 9.17) is 11.6 Å². The Kier molecular flexibility index (Phi) is 3.29. The van der Waals surface area contributed by atoms with Crippen LogP contribution in [-0.4, -0.2) is 19.9 Å². The first-order chi connectivity index (χ1) is 9.65. The van der Waals surface area contributed by atoms with Crippen LogP contribution in [0.1, 0.15) is 0 Å². The molecule has 0 saturated carbocycles. The number of aromatic nitrogens is 3. The zero-order valence-electron chi connectivity index (χ0n) is 9.91. The molecule has 0 bridgehead atoms. The fourth-order valence-corrected chi connectivity index (χ4v) is 2.96. The molecule has 0 aliphatic carbocycles. The molecule has 20 heavy (non-hydrogen) atoms. The normalized spacial score (nSPS) is 10.8. The monoisotopic (exact) mass is 306 g/mol. The quantitative estimate of drug-likeness (QED) is 0.453. The number of nitrogens with one attached hydrogen (secondary N) is 1. The third kappa shape index (κ3) is 2.33. The molecule has 0 spiro atoms. The fourth-order valence-electron chi connectivity index (χ4n) is 1.78. The van der Waals surface area contributed by atoms with Gasteiger partial charge >= 0.3 is 5.69 Å². The van der Waals surface area contributed by atoms with E-state index in [-0.39, 0.29) is 15.9 Å². The molecular formula is C12H7ClN4O2S. The van der Waals surface area contributed by atoms with Gasteiger partial charge in [0.15, 0.2) is 5.03 Å². The Hall–Kier alpha value is -2.12. The molecule has 0 aliphatic rings. The summed E-state index contributed by atoms with van der Waals surface area (Å²) in [7, 11) is 0. The van der Waals surface area contributed by atoms with Crippen LogP contribution in [0.15, 0.2) is 46.7 Å². The number of aromatic amines is 1. The average molecular weight is 307 g/mol. The van der Waals surface area contributed by atoms with Gasteiger partial charge in [-0.25, -0.2) is 9.97 Å². The first-order valence-corrected chi connectivity index (χ1v) is 6.75. The number of H-pyrrole nitrogens is 1. The van der Waals surface area contributed by atoms with Gasteiger partial charge in [-0.05, 0) is 23.9 Å². The van der Waals surface area contributed by atoms with Crippen molar-refractivity contribution >= 4 is 40.0 Å². The Balaban J connectivity index is 2.02. The molecule has 0 atom stereocenters. The number of hydrogen-bond acceptors (Lipinski definition) is 5. The Bertz CT molecular complexity index is 772. The van der Waals surface area contributed by atoms with Crippen molar-refractivity contribution in [2.75, 3.05) is 0 Å². The van der Waals surface area contributed by atoms with E-state index in [1.807, 2.05) is 30.3 Å². The lowest BCUT2D eigenvalue weighted by Gasteiger charge is -2.00. The first kappa shape index (κ1) is 12.9. The third-order valence-corrected chi connectivity index (χ3v) is 3.85. The van der Waals surface area contributed by atoms with Gasteiger partial charge in [-0.3, -0.25) is 10.1 Å². The van der Waals surface area contributed by atoms with Gasteiger partial charge in [0, 0.05) is 10.9 Å². The minimum atomic E-state index is -0.576. The first-order valence-electron chi connectivity index (χ1n) is 5.55. The van der Waals surface area contributed by atoms with Crippen molar-refractivity contribution < 1.29 is 4.92 Å². The molecule has 2 heterocycles. The van der Waals surface area contributed by atoms with E-state index in [0.29, 0.717) is 0 Å². The number of halogens is 1. The summed E-state index contributed by atoms with van der Waals surface area (Å²) >= 11 is 6.90. The van der Waals surface area contributed by atoms with E-state index in [1.165, 1.54) is 6.33 Å². The average Bonchev–Trinajstić information content (AvgIpc) is 2.80. The summed E-state index contributed by atoms with van der Waals surface area (Å²) in [5, 5.41) is 12.8. The molecule has 1 aromatic carbocycles. The largest absolute Gasteiger partial charge is 0.349 e. The van der Waals surface area contributed by atoms with E-state index < -0.39 is 4.92 Å². The van der Waals surface area contributed by atoms with Gasteiger partial charge in [0.2, 0.25) is 5.15 Å². The molecule has 8 heteroatoms. The number of hydrogen-bond donors (Lipinski definition) is 1. The predicted molar refractivity (Wildman–Crippen MR) is 76.1 cm³/mol. The molecule has 6 nitrogen and oxygen atoms in total. The zero-order chi connectivity index (χ0) is 14.1. The highest BCUT2D eigenvalue weighted by molar-refractivity contribution is 7.99. The Morgan fingerprint density at radius 3 is 2.85 bits per heavy atom. The number of rotatable bonds is 3. The van der Waals surface area contributed by atoms with Crippen LogP contribution in [0.5, 0.6) is 0 Å². The maximum Gasteiger partial charge on any atom is 0.338 e. The molecule has 0 aliphatic heterocycles. The van der Waals surface area contributed by atoms with E-state index in [0.717, 1.165) is 27.7 Å². The number of fused-ring (bicyclic) bond motifs is 1. The maximum atomic E-state index is 11.0. The van der Waals surface area contributed by atoms with Crippen molar-refractivity contribution in [2.24, 2.45) is 0 Å². The van der Waals surface area contributed by atoms with Gasteiger partial charge in [-0.2, -0.15) is 0 Å². The van der Waals surface area contributed by atoms with Crippen molar-refractivity contribution in [3.63, 3.8) is 0 Å². The van der Waals surface area contributed by atoms with Gasteiger partial charge < -0.3 is 4.98 Å². The molecule has 3 rings (SSSR count). The highest BCUT2D eigenvalue weighted by Gasteiger charge is 2.22. The fraction of sp³-hybridized carbons (Fsp3) is 0. The van der Waals surface area contributed by atoms with Crippen molar-refractivity contribution in [3.8, 4) is 0 Å². The molecule has 3 aromatic rings. The van der Waals surface area contributed by atoms with E-state index in [9.17, 15) is 10.1 Å². The summed E-state index contributed by atoms with van der Waals surface area (Å²) < 4.78 is 0. The summed E-state index contributed by atoms with van der Waals surface area (Å²) in [5.74, 6) is 0. The van der Waals surface area contributed by atoms with Crippen molar-refractivity contribution in [1.29, 1.82) is 0 Å². The molecule has 0 saturated heterocycles. The van der Waals surface area contributed by atoms with Crippen molar-refractivity contribution in [3.05, 3.63) is 51.9 Å². The molecular weight excluding hydrogens is 300 g/mol. The van der Waals surface area contributed by atoms with Crippen molar-refractivity contribution in [2.45, 2.75) is 10.1 Å². The SMILES string of the molecule is O=[N+]([O-])c1c(Cl)ncnc1Sc1cc2ccccc2[nH]1. The number of para-hydroxylation sites is 1. The van der Waals surface area contributed by atoms with Crippen LogP contribution < -0.4 is 0 Å². The summed E-state index contributed by atoms with van der Waals surface area (Å²) in [6.07, 6.45) is 1.21. The molecule has 0 unspecified atom stereocenters. The van der Waals surface area contributed by atoms with Gasteiger partial charge in [0.05, 0.1) is 9.95 Å². The zero-order valence-corrected chi connectivity index (χ0v) is 11.5.